The number of rotatable bonds is 6. The number of aliphatic hydroxyl groups is 1. The van der Waals surface area contributed by atoms with Crippen molar-refractivity contribution in [1.82, 2.24) is 0 Å². The number of carbonyl (C=O) groups excluding carboxylic acids is 2. The Kier molecular flexibility index (Phi) is 6.52. The van der Waals surface area contributed by atoms with E-state index in [4.69, 9.17) is 14.2 Å². The monoisotopic (exact) mass is 521 g/mol. The number of hydrogen-bond donors (Lipinski definition) is 1. The zero-order chi connectivity index (χ0) is 27.1. The molecule has 0 aromatic heterocycles. The average Bonchev–Trinajstić information content (AvgIpc) is 3.40. The molecule has 9 heteroatoms. The Bertz CT molecular complexity index is 1480. The number of hydrogen-bond acceptors (Lipinski definition) is 6. The van der Waals surface area contributed by atoms with Gasteiger partial charge in [-0.05, 0) is 67.4 Å². The summed E-state index contributed by atoms with van der Waals surface area (Å²) in [5, 5.41) is 11.4. The number of amides is 1. The topological polar surface area (TPSA) is 85.3 Å². The lowest BCUT2D eigenvalue weighted by Crippen LogP contribution is -2.29. The lowest BCUT2D eigenvalue weighted by Gasteiger charge is -2.26. The third-order valence-electron chi connectivity index (χ3n) is 6.60. The molecule has 0 radical (unpaired) electrons. The van der Waals surface area contributed by atoms with Gasteiger partial charge in [0.1, 0.15) is 17.6 Å². The van der Waals surface area contributed by atoms with Crippen molar-refractivity contribution in [3.05, 3.63) is 88.5 Å². The van der Waals surface area contributed by atoms with E-state index < -0.39 is 35.1 Å². The highest BCUT2D eigenvalue weighted by Crippen LogP contribution is 2.45. The Morgan fingerprint density at radius 3 is 2.55 bits per heavy atom. The zero-order valence-corrected chi connectivity index (χ0v) is 21.0. The van der Waals surface area contributed by atoms with Crippen LogP contribution in [0.2, 0.25) is 0 Å². The van der Waals surface area contributed by atoms with E-state index in [2.05, 4.69) is 0 Å². The van der Waals surface area contributed by atoms with E-state index in [-0.39, 0.29) is 17.4 Å². The molecule has 0 aliphatic carbocycles. The first-order valence-corrected chi connectivity index (χ1v) is 12.1. The molecular formula is C29H25F2NO6. The first-order valence-electron chi connectivity index (χ1n) is 12.1. The molecule has 1 fully saturated rings. The summed E-state index contributed by atoms with van der Waals surface area (Å²) >= 11 is 0. The molecule has 2 aliphatic rings. The van der Waals surface area contributed by atoms with Gasteiger partial charge in [-0.15, -0.1) is 0 Å². The molecule has 2 atom stereocenters. The fraction of sp³-hybridized carbons (Fsp3) is 0.241. The summed E-state index contributed by atoms with van der Waals surface area (Å²) in [5.74, 6) is -3.16. The van der Waals surface area contributed by atoms with Gasteiger partial charge in [0.05, 0.1) is 25.3 Å². The molecule has 2 aliphatic heterocycles. The molecule has 1 N–H and O–H groups in total. The highest BCUT2D eigenvalue weighted by molar-refractivity contribution is 6.51. The van der Waals surface area contributed by atoms with Gasteiger partial charge in [0.2, 0.25) is 0 Å². The van der Waals surface area contributed by atoms with Gasteiger partial charge < -0.3 is 19.3 Å². The molecule has 196 valence electrons. The second-order valence-corrected chi connectivity index (χ2v) is 9.07. The minimum atomic E-state index is -1.18. The van der Waals surface area contributed by atoms with Crippen LogP contribution in [-0.4, -0.2) is 36.6 Å². The number of halogens is 2. The van der Waals surface area contributed by atoms with Crippen molar-refractivity contribution in [2.45, 2.75) is 32.4 Å². The predicted octanol–water partition coefficient (Wildman–Crippen LogP) is 5.32. The molecule has 5 rings (SSSR count). The summed E-state index contributed by atoms with van der Waals surface area (Å²) in [4.78, 5) is 27.8. The standard InChI is InChI=1S/C29H25F2NO6/c1-4-37-24-13-16(5-10-23(24)36-3)26-25(27(33)17-6-9-22-18(12-17)11-15(2)38-22)28(34)29(35)32(26)19-7-8-20(30)21(31)14-19/h5-10,12-15,26,33H,4,11H2,1-3H3/b27-25+. The molecule has 38 heavy (non-hydrogen) atoms. The number of Topliss-reactive ketones (excluding diaryl/α,β-unsaturated/α-hetero) is 1. The van der Waals surface area contributed by atoms with Gasteiger partial charge in [-0.3, -0.25) is 14.5 Å². The minimum absolute atomic E-state index is 0.0300. The largest absolute Gasteiger partial charge is 0.507 e. The quantitative estimate of drug-likeness (QED) is 0.269. The number of ether oxygens (including phenoxy) is 3. The van der Waals surface area contributed by atoms with Gasteiger partial charge >= 0.3 is 0 Å². The van der Waals surface area contributed by atoms with E-state index in [1.54, 1.807) is 43.3 Å². The van der Waals surface area contributed by atoms with Crippen LogP contribution in [0.5, 0.6) is 17.2 Å². The van der Waals surface area contributed by atoms with Gasteiger partial charge in [0, 0.05) is 23.7 Å². The molecule has 7 nitrogen and oxygen atoms in total. The second-order valence-electron chi connectivity index (χ2n) is 9.07. The first-order chi connectivity index (χ1) is 18.2. The van der Waals surface area contributed by atoms with Crippen LogP contribution in [-0.2, 0) is 16.0 Å². The van der Waals surface area contributed by atoms with Crippen LogP contribution in [0, 0.1) is 11.6 Å². The fourth-order valence-electron chi connectivity index (χ4n) is 4.91. The number of ketones is 1. The van der Waals surface area contributed by atoms with Gasteiger partial charge in [-0.1, -0.05) is 6.07 Å². The Balaban J connectivity index is 1.71. The number of benzene rings is 3. The van der Waals surface area contributed by atoms with Crippen LogP contribution in [0.1, 0.15) is 36.6 Å². The second kappa shape index (κ2) is 9.81. The maximum Gasteiger partial charge on any atom is 0.300 e. The Labute approximate surface area is 217 Å². The van der Waals surface area contributed by atoms with Crippen LogP contribution in [0.25, 0.3) is 5.76 Å². The molecule has 2 heterocycles. The highest BCUT2D eigenvalue weighted by Gasteiger charge is 2.47. The number of fused-ring (bicyclic) bond motifs is 1. The third kappa shape index (κ3) is 4.23. The molecule has 1 amide bonds. The Hall–Kier alpha value is -4.40. The van der Waals surface area contributed by atoms with Crippen LogP contribution in [0.3, 0.4) is 0 Å². The minimum Gasteiger partial charge on any atom is -0.507 e. The van der Waals surface area contributed by atoms with Crippen molar-refractivity contribution < 1.29 is 37.7 Å². The molecule has 1 saturated heterocycles. The normalized spacial score (nSPS) is 19.9. The number of anilines is 1. The van der Waals surface area contributed by atoms with E-state index in [0.29, 0.717) is 41.4 Å². The van der Waals surface area contributed by atoms with Crippen LogP contribution >= 0.6 is 0 Å². The van der Waals surface area contributed by atoms with Gasteiger partial charge in [-0.2, -0.15) is 0 Å². The maximum absolute atomic E-state index is 14.2. The predicted molar refractivity (Wildman–Crippen MR) is 136 cm³/mol. The van der Waals surface area contributed by atoms with Crippen molar-refractivity contribution in [3.63, 3.8) is 0 Å². The lowest BCUT2D eigenvalue weighted by atomic mass is 9.94. The third-order valence-corrected chi connectivity index (χ3v) is 6.60. The lowest BCUT2D eigenvalue weighted by molar-refractivity contribution is -0.132. The number of methoxy groups -OCH3 is 1. The maximum atomic E-state index is 14.2. The average molecular weight is 522 g/mol. The van der Waals surface area contributed by atoms with Crippen LogP contribution in [0.4, 0.5) is 14.5 Å². The van der Waals surface area contributed by atoms with Crippen molar-refractivity contribution in [3.8, 4) is 17.2 Å². The van der Waals surface area contributed by atoms with Gasteiger partial charge in [0.15, 0.2) is 23.1 Å². The summed E-state index contributed by atoms with van der Waals surface area (Å²) < 4.78 is 44.7. The summed E-state index contributed by atoms with van der Waals surface area (Å²) in [7, 11) is 1.48. The molecule has 0 spiro atoms. The molecule has 3 aromatic rings. The SMILES string of the molecule is CCOc1cc(C2/C(=C(\O)c3ccc4c(c3)CC(C)O4)C(=O)C(=O)N2c2ccc(F)c(F)c2)ccc1OC. The van der Waals surface area contributed by atoms with E-state index in [9.17, 15) is 23.5 Å². The van der Waals surface area contributed by atoms with Gasteiger partial charge in [0.25, 0.3) is 11.7 Å². The van der Waals surface area contributed by atoms with Crippen LogP contribution < -0.4 is 19.1 Å². The molecule has 0 bridgehead atoms. The van der Waals surface area contributed by atoms with E-state index in [1.165, 1.54) is 13.2 Å². The van der Waals surface area contributed by atoms with Crippen molar-refractivity contribution >= 4 is 23.1 Å². The van der Waals surface area contributed by atoms with Crippen molar-refractivity contribution in [2.75, 3.05) is 18.6 Å². The smallest absolute Gasteiger partial charge is 0.300 e. The van der Waals surface area contributed by atoms with Gasteiger partial charge in [-0.25, -0.2) is 8.78 Å². The first kappa shape index (κ1) is 25.3. The number of nitrogens with zero attached hydrogens (tertiary/aromatic N) is 1. The van der Waals surface area contributed by atoms with E-state index >= 15 is 0 Å². The number of aliphatic hydroxyl groups excluding tert-OH is 1. The number of carbonyl (C=O) groups is 2. The molecule has 2 unspecified atom stereocenters. The highest BCUT2D eigenvalue weighted by atomic mass is 19.2. The summed E-state index contributed by atoms with van der Waals surface area (Å²) in [6, 6.07) is 11.6. The van der Waals surface area contributed by atoms with Crippen molar-refractivity contribution in [1.29, 1.82) is 0 Å². The molecule has 0 saturated carbocycles. The summed E-state index contributed by atoms with van der Waals surface area (Å²) in [6.45, 7) is 4.03. The Morgan fingerprint density at radius 1 is 1.05 bits per heavy atom. The van der Waals surface area contributed by atoms with Crippen LogP contribution in [0.15, 0.2) is 60.2 Å². The molecule has 3 aromatic carbocycles. The van der Waals surface area contributed by atoms with E-state index in [1.807, 2.05) is 6.92 Å². The summed E-state index contributed by atoms with van der Waals surface area (Å²) in [5.41, 5.74) is 1.35. The zero-order valence-electron chi connectivity index (χ0n) is 21.0. The summed E-state index contributed by atoms with van der Waals surface area (Å²) in [6.07, 6.45) is 0.594. The van der Waals surface area contributed by atoms with Crippen molar-refractivity contribution in [2.24, 2.45) is 0 Å². The Morgan fingerprint density at radius 2 is 1.84 bits per heavy atom. The van der Waals surface area contributed by atoms with E-state index in [0.717, 1.165) is 22.6 Å². The molecular weight excluding hydrogens is 496 g/mol. The fourth-order valence-corrected chi connectivity index (χ4v) is 4.91.